The van der Waals surface area contributed by atoms with Gasteiger partial charge in [0.1, 0.15) is 6.61 Å². The summed E-state index contributed by atoms with van der Waals surface area (Å²) in [5.74, 6) is -0.0556. The van der Waals surface area contributed by atoms with Gasteiger partial charge in [-0.3, -0.25) is 4.98 Å². The molecule has 5 heteroatoms. The second-order valence-electron chi connectivity index (χ2n) is 4.03. The Morgan fingerprint density at radius 3 is 2.84 bits per heavy atom. The number of hydrogen-bond donors (Lipinski definition) is 0. The first-order valence-electron chi connectivity index (χ1n) is 5.86. The summed E-state index contributed by atoms with van der Waals surface area (Å²) in [6.45, 7) is 1.06. The minimum absolute atomic E-state index is 0.282. The van der Waals surface area contributed by atoms with Gasteiger partial charge in [-0.05, 0) is 34.1 Å². The van der Waals surface area contributed by atoms with Gasteiger partial charge in [-0.25, -0.2) is 4.39 Å². The van der Waals surface area contributed by atoms with Crippen molar-refractivity contribution in [3.05, 3.63) is 53.0 Å². The third-order valence-corrected chi connectivity index (χ3v) is 3.29. The van der Waals surface area contributed by atoms with Crippen molar-refractivity contribution in [1.82, 2.24) is 4.98 Å². The number of anilines is 1. The lowest BCUT2D eigenvalue weighted by Crippen LogP contribution is -2.24. The highest BCUT2D eigenvalue weighted by molar-refractivity contribution is 9.10. The third-order valence-electron chi connectivity index (χ3n) is 2.68. The summed E-state index contributed by atoms with van der Waals surface area (Å²) in [5, 5.41) is 0. The number of likely N-dealkylation sites (N-methyl/N-ethyl adjacent to an activating group) is 1. The number of aromatic nitrogens is 1. The molecule has 0 fully saturated rings. The summed E-state index contributed by atoms with van der Waals surface area (Å²) in [6, 6.07) is 8.31. The van der Waals surface area contributed by atoms with E-state index in [0.29, 0.717) is 13.2 Å². The van der Waals surface area contributed by atoms with E-state index in [4.69, 9.17) is 4.74 Å². The SMILES string of the molecule is CN(CCOc1ccccc1F)c1ccncc1Br. The molecule has 1 aromatic heterocycles. The summed E-state index contributed by atoms with van der Waals surface area (Å²) in [5.41, 5.74) is 1.02. The summed E-state index contributed by atoms with van der Waals surface area (Å²) in [4.78, 5) is 6.03. The van der Waals surface area contributed by atoms with Gasteiger partial charge in [0.05, 0.1) is 16.7 Å². The fourth-order valence-corrected chi connectivity index (χ4v) is 2.21. The van der Waals surface area contributed by atoms with Crippen molar-refractivity contribution >= 4 is 21.6 Å². The lowest BCUT2D eigenvalue weighted by molar-refractivity contribution is 0.309. The molecular formula is C14H14BrFN2O. The summed E-state index contributed by atoms with van der Waals surface area (Å²) in [6.07, 6.45) is 3.47. The zero-order valence-electron chi connectivity index (χ0n) is 10.5. The second-order valence-corrected chi connectivity index (χ2v) is 4.88. The van der Waals surface area contributed by atoms with E-state index in [-0.39, 0.29) is 11.6 Å². The molecule has 0 aliphatic rings. The Morgan fingerprint density at radius 2 is 2.11 bits per heavy atom. The number of nitrogens with zero attached hydrogens (tertiary/aromatic N) is 2. The molecule has 0 spiro atoms. The molecule has 0 N–H and O–H groups in total. The molecule has 0 aliphatic heterocycles. The Balaban J connectivity index is 1.90. The van der Waals surface area contributed by atoms with Crippen LogP contribution in [0.5, 0.6) is 5.75 Å². The van der Waals surface area contributed by atoms with E-state index in [1.165, 1.54) is 6.07 Å². The van der Waals surface area contributed by atoms with E-state index in [1.807, 2.05) is 18.0 Å². The molecule has 1 aromatic carbocycles. The summed E-state index contributed by atoms with van der Waals surface area (Å²) in [7, 11) is 1.95. The number of pyridine rings is 1. The Kier molecular flexibility index (Phi) is 4.74. The quantitative estimate of drug-likeness (QED) is 0.841. The van der Waals surface area contributed by atoms with Crippen LogP contribution in [0.4, 0.5) is 10.1 Å². The first-order chi connectivity index (χ1) is 9.18. The number of halogens is 2. The van der Waals surface area contributed by atoms with Crippen molar-refractivity contribution in [3.8, 4) is 5.75 Å². The maximum atomic E-state index is 13.3. The predicted molar refractivity (Wildman–Crippen MR) is 77.1 cm³/mol. The molecule has 0 saturated heterocycles. The highest BCUT2D eigenvalue weighted by atomic mass is 79.9. The van der Waals surface area contributed by atoms with Gasteiger partial charge in [0.15, 0.2) is 11.6 Å². The van der Waals surface area contributed by atoms with Crippen LogP contribution in [0.15, 0.2) is 47.2 Å². The number of benzene rings is 1. The van der Waals surface area contributed by atoms with E-state index in [1.54, 1.807) is 30.6 Å². The summed E-state index contributed by atoms with van der Waals surface area (Å²) >= 11 is 3.44. The van der Waals surface area contributed by atoms with Crippen molar-refractivity contribution in [2.45, 2.75) is 0 Å². The molecule has 0 saturated carbocycles. The molecule has 1 heterocycles. The molecule has 0 unspecified atom stereocenters. The van der Waals surface area contributed by atoms with Crippen LogP contribution in [0.1, 0.15) is 0 Å². The third kappa shape index (κ3) is 3.67. The molecule has 0 amide bonds. The maximum absolute atomic E-state index is 13.3. The fourth-order valence-electron chi connectivity index (χ4n) is 1.65. The molecule has 19 heavy (non-hydrogen) atoms. The number of hydrogen-bond acceptors (Lipinski definition) is 3. The van der Waals surface area contributed by atoms with Crippen LogP contribution in [-0.4, -0.2) is 25.2 Å². The van der Waals surface area contributed by atoms with Gasteiger partial charge in [-0.2, -0.15) is 0 Å². The molecule has 0 aliphatic carbocycles. The van der Waals surface area contributed by atoms with Crippen molar-refractivity contribution in [1.29, 1.82) is 0 Å². The average molecular weight is 325 g/mol. The highest BCUT2D eigenvalue weighted by Gasteiger charge is 2.06. The van der Waals surface area contributed by atoms with Gasteiger partial charge in [-0.1, -0.05) is 12.1 Å². The predicted octanol–water partition coefficient (Wildman–Crippen LogP) is 3.50. The first kappa shape index (κ1) is 13.8. The Bertz CT molecular complexity index is 550. The van der Waals surface area contributed by atoms with E-state index in [2.05, 4.69) is 20.9 Å². The Hall–Kier alpha value is -1.62. The van der Waals surface area contributed by atoms with Crippen molar-refractivity contribution in [2.75, 3.05) is 25.1 Å². The second kappa shape index (κ2) is 6.52. The number of ether oxygens (including phenoxy) is 1. The van der Waals surface area contributed by atoms with Crippen molar-refractivity contribution in [2.24, 2.45) is 0 Å². The molecular weight excluding hydrogens is 311 g/mol. The topological polar surface area (TPSA) is 25.4 Å². The molecule has 0 bridgehead atoms. The van der Waals surface area contributed by atoms with Crippen LogP contribution in [0.3, 0.4) is 0 Å². The minimum Gasteiger partial charge on any atom is -0.489 e. The molecule has 0 atom stereocenters. The van der Waals surface area contributed by atoms with Crippen LogP contribution >= 0.6 is 15.9 Å². The van der Waals surface area contributed by atoms with Gasteiger partial charge < -0.3 is 9.64 Å². The lowest BCUT2D eigenvalue weighted by Gasteiger charge is -2.20. The van der Waals surface area contributed by atoms with Crippen LogP contribution < -0.4 is 9.64 Å². The van der Waals surface area contributed by atoms with Crippen LogP contribution in [0.25, 0.3) is 0 Å². The van der Waals surface area contributed by atoms with Gasteiger partial charge in [0.25, 0.3) is 0 Å². The molecule has 100 valence electrons. The largest absolute Gasteiger partial charge is 0.489 e. The first-order valence-corrected chi connectivity index (χ1v) is 6.66. The maximum Gasteiger partial charge on any atom is 0.165 e. The van der Waals surface area contributed by atoms with E-state index in [0.717, 1.165) is 10.2 Å². The van der Waals surface area contributed by atoms with Crippen LogP contribution in [-0.2, 0) is 0 Å². The molecule has 3 nitrogen and oxygen atoms in total. The van der Waals surface area contributed by atoms with E-state index in [9.17, 15) is 4.39 Å². The van der Waals surface area contributed by atoms with Gasteiger partial charge in [0, 0.05) is 19.4 Å². The normalized spacial score (nSPS) is 10.3. The number of para-hydroxylation sites is 1. The standard InChI is InChI=1S/C14H14BrFN2O/c1-18(13-6-7-17-10-11(13)15)8-9-19-14-5-3-2-4-12(14)16/h2-7,10H,8-9H2,1H3. The summed E-state index contributed by atoms with van der Waals surface area (Å²) < 4.78 is 19.7. The zero-order valence-corrected chi connectivity index (χ0v) is 12.1. The lowest BCUT2D eigenvalue weighted by atomic mass is 10.3. The minimum atomic E-state index is -0.338. The Labute approximate surface area is 120 Å². The highest BCUT2D eigenvalue weighted by Crippen LogP contribution is 2.23. The van der Waals surface area contributed by atoms with Crippen LogP contribution in [0.2, 0.25) is 0 Å². The van der Waals surface area contributed by atoms with Crippen molar-refractivity contribution < 1.29 is 9.13 Å². The molecule has 2 aromatic rings. The van der Waals surface area contributed by atoms with Gasteiger partial charge >= 0.3 is 0 Å². The number of rotatable bonds is 5. The monoisotopic (exact) mass is 324 g/mol. The van der Waals surface area contributed by atoms with E-state index >= 15 is 0 Å². The van der Waals surface area contributed by atoms with E-state index < -0.39 is 0 Å². The fraction of sp³-hybridized carbons (Fsp3) is 0.214. The van der Waals surface area contributed by atoms with Crippen LogP contribution in [0, 0.1) is 5.82 Å². The van der Waals surface area contributed by atoms with Crippen molar-refractivity contribution in [3.63, 3.8) is 0 Å². The zero-order chi connectivity index (χ0) is 13.7. The Morgan fingerprint density at radius 1 is 1.32 bits per heavy atom. The molecule has 0 radical (unpaired) electrons. The molecule has 2 rings (SSSR count). The van der Waals surface area contributed by atoms with Gasteiger partial charge in [-0.15, -0.1) is 0 Å². The smallest absolute Gasteiger partial charge is 0.165 e. The van der Waals surface area contributed by atoms with Gasteiger partial charge in [0.2, 0.25) is 0 Å². The average Bonchev–Trinajstić information content (AvgIpc) is 2.41.